The molecule has 1 aromatic rings. The van der Waals surface area contributed by atoms with Crippen molar-refractivity contribution < 1.29 is 14.6 Å². The molecule has 2 unspecified atom stereocenters. The van der Waals surface area contributed by atoms with Crippen LogP contribution in [0.15, 0.2) is 6.20 Å². The summed E-state index contributed by atoms with van der Waals surface area (Å²) in [6.07, 6.45) is 2.59. The van der Waals surface area contributed by atoms with E-state index in [1.807, 2.05) is 6.92 Å². The third kappa shape index (κ3) is 2.35. The number of thiazole rings is 1. The highest BCUT2D eigenvalue weighted by Crippen LogP contribution is 2.44. The molecular formula is C12H18N2O3S. The topological polar surface area (TPSA) is 71.5 Å². The summed E-state index contributed by atoms with van der Waals surface area (Å²) in [5, 5.41) is 12.8. The number of ether oxygens (including phenoxy) is 1. The summed E-state index contributed by atoms with van der Waals surface area (Å²) in [6.45, 7) is 7.03. The second-order valence-corrected chi connectivity index (χ2v) is 6.06. The van der Waals surface area contributed by atoms with Gasteiger partial charge in [0.2, 0.25) is 0 Å². The first-order valence-electron chi connectivity index (χ1n) is 6.02. The Hall–Kier alpha value is -1.14. The molecule has 5 nitrogen and oxygen atoms in total. The lowest BCUT2D eigenvalue weighted by molar-refractivity contribution is -0.0975. The van der Waals surface area contributed by atoms with Gasteiger partial charge in [-0.2, -0.15) is 0 Å². The van der Waals surface area contributed by atoms with Gasteiger partial charge in [0.25, 0.3) is 0 Å². The Morgan fingerprint density at radius 1 is 1.72 bits per heavy atom. The van der Waals surface area contributed by atoms with Gasteiger partial charge in [0.1, 0.15) is 4.88 Å². The molecule has 1 heterocycles. The smallest absolute Gasteiger partial charge is 0.347 e. The fourth-order valence-corrected chi connectivity index (χ4v) is 2.91. The summed E-state index contributed by atoms with van der Waals surface area (Å²) in [6, 6.07) is 0.279. The standard InChI is InChI=1S/C12H18N2O3S/c1-4-17-9-5-8(12(9,2)3)14-11-13-6-7(18-11)10(15)16/h6,8-9H,4-5H2,1-3H3,(H,13,14)(H,15,16). The van der Waals surface area contributed by atoms with E-state index in [1.54, 1.807) is 0 Å². The van der Waals surface area contributed by atoms with E-state index in [0.29, 0.717) is 5.13 Å². The van der Waals surface area contributed by atoms with Crippen molar-refractivity contribution in [1.29, 1.82) is 0 Å². The maximum atomic E-state index is 10.8. The molecule has 100 valence electrons. The van der Waals surface area contributed by atoms with E-state index in [9.17, 15) is 4.79 Å². The second kappa shape index (κ2) is 4.85. The predicted molar refractivity (Wildman–Crippen MR) is 70.3 cm³/mol. The van der Waals surface area contributed by atoms with Crippen molar-refractivity contribution in [1.82, 2.24) is 4.98 Å². The van der Waals surface area contributed by atoms with E-state index in [2.05, 4.69) is 24.1 Å². The highest BCUT2D eigenvalue weighted by atomic mass is 32.1. The minimum atomic E-state index is -0.930. The third-order valence-electron chi connectivity index (χ3n) is 3.56. The molecule has 1 fully saturated rings. The minimum absolute atomic E-state index is 0.0467. The quantitative estimate of drug-likeness (QED) is 0.860. The van der Waals surface area contributed by atoms with Crippen molar-refractivity contribution in [2.45, 2.75) is 39.3 Å². The molecule has 2 atom stereocenters. The van der Waals surface area contributed by atoms with E-state index in [-0.39, 0.29) is 22.4 Å². The summed E-state index contributed by atoms with van der Waals surface area (Å²) in [5.41, 5.74) is 0.0467. The minimum Gasteiger partial charge on any atom is -0.477 e. The second-order valence-electron chi connectivity index (χ2n) is 5.03. The normalized spacial score (nSPS) is 25.5. The van der Waals surface area contributed by atoms with Gasteiger partial charge in [-0.25, -0.2) is 9.78 Å². The Balaban J connectivity index is 1.96. The summed E-state index contributed by atoms with van der Waals surface area (Å²) < 4.78 is 5.65. The van der Waals surface area contributed by atoms with E-state index in [1.165, 1.54) is 17.5 Å². The molecule has 0 amide bonds. The Morgan fingerprint density at radius 2 is 2.44 bits per heavy atom. The zero-order valence-corrected chi connectivity index (χ0v) is 11.6. The lowest BCUT2D eigenvalue weighted by Crippen LogP contribution is -2.58. The van der Waals surface area contributed by atoms with Gasteiger partial charge in [-0.3, -0.25) is 0 Å². The summed E-state index contributed by atoms with van der Waals surface area (Å²) in [4.78, 5) is 15.1. The maximum absolute atomic E-state index is 10.8. The third-order valence-corrected chi connectivity index (χ3v) is 4.48. The fraction of sp³-hybridized carbons (Fsp3) is 0.667. The van der Waals surface area contributed by atoms with Crippen molar-refractivity contribution in [3.05, 3.63) is 11.1 Å². The van der Waals surface area contributed by atoms with E-state index in [4.69, 9.17) is 9.84 Å². The van der Waals surface area contributed by atoms with Gasteiger partial charge in [-0.1, -0.05) is 25.2 Å². The van der Waals surface area contributed by atoms with Gasteiger partial charge in [-0.15, -0.1) is 0 Å². The molecule has 0 saturated heterocycles. The number of hydrogen-bond donors (Lipinski definition) is 2. The highest BCUT2D eigenvalue weighted by Gasteiger charge is 2.49. The van der Waals surface area contributed by atoms with Crippen LogP contribution in [0, 0.1) is 5.41 Å². The van der Waals surface area contributed by atoms with Crippen LogP contribution in [-0.4, -0.2) is 34.8 Å². The van der Waals surface area contributed by atoms with E-state index >= 15 is 0 Å². The van der Waals surface area contributed by atoms with Crippen LogP contribution >= 0.6 is 11.3 Å². The van der Waals surface area contributed by atoms with Gasteiger partial charge in [0.15, 0.2) is 5.13 Å². The number of carboxylic acid groups (broad SMARTS) is 1. The highest BCUT2D eigenvalue weighted by molar-refractivity contribution is 7.17. The molecule has 0 bridgehead atoms. The van der Waals surface area contributed by atoms with Crippen LogP contribution in [0.25, 0.3) is 0 Å². The number of aromatic nitrogens is 1. The molecule has 0 aliphatic heterocycles. The maximum Gasteiger partial charge on any atom is 0.347 e. The molecule has 0 spiro atoms. The molecule has 0 aromatic carbocycles. The molecule has 1 aliphatic carbocycles. The number of nitrogens with zero attached hydrogens (tertiary/aromatic N) is 1. The van der Waals surface area contributed by atoms with Crippen molar-refractivity contribution in [3.63, 3.8) is 0 Å². The van der Waals surface area contributed by atoms with Crippen molar-refractivity contribution in [3.8, 4) is 0 Å². The number of carboxylic acids is 1. The molecule has 1 saturated carbocycles. The van der Waals surface area contributed by atoms with Gasteiger partial charge in [0, 0.05) is 18.1 Å². The molecule has 6 heteroatoms. The molecule has 0 radical (unpaired) electrons. The molecule has 1 aliphatic rings. The SMILES string of the molecule is CCOC1CC(Nc2ncc(C(=O)O)s2)C1(C)C. The lowest BCUT2D eigenvalue weighted by atomic mass is 9.64. The first-order chi connectivity index (χ1) is 8.45. The predicted octanol–water partition coefficient (Wildman–Crippen LogP) is 2.46. The van der Waals surface area contributed by atoms with Crippen LogP contribution in [-0.2, 0) is 4.74 Å². The Labute approximate surface area is 110 Å². The van der Waals surface area contributed by atoms with Gasteiger partial charge >= 0.3 is 5.97 Å². The monoisotopic (exact) mass is 270 g/mol. The van der Waals surface area contributed by atoms with Gasteiger partial charge in [-0.05, 0) is 13.3 Å². The van der Waals surface area contributed by atoms with Crippen LogP contribution in [0.5, 0.6) is 0 Å². The zero-order valence-electron chi connectivity index (χ0n) is 10.8. The zero-order chi connectivity index (χ0) is 13.3. The number of nitrogens with one attached hydrogen (secondary N) is 1. The van der Waals surface area contributed by atoms with Crippen LogP contribution < -0.4 is 5.32 Å². The molecule has 1 aromatic heterocycles. The number of aromatic carboxylic acids is 1. The van der Waals surface area contributed by atoms with Crippen LogP contribution in [0.1, 0.15) is 36.9 Å². The van der Waals surface area contributed by atoms with Crippen LogP contribution in [0.3, 0.4) is 0 Å². The van der Waals surface area contributed by atoms with Gasteiger partial charge < -0.3 is 15.2 Å². The first-order valence-corrected chi connectivity index (χ1v) is 6.84. The molecule has 2 N–H and O–H groups in total. The van der Waals surface area contributed by atoms with Crippen molar-refractivity contribution in [2.75, 3.05) is 11.9 Å². The number of carbonyl (C=O) groups is 1. The largest absolute Gasteiger partial charge is 0.477 e. The summed E-state index contributed by atoms with van der Waals surface area (Å²) >= 11 is 1.17. The van der Waals surface area contributed by atoms with Gasteiger partial charge in [0.05, 0.1) is 12.3 Å². The molecular weight excluding hydrogens is 252 g/mol. The summed E-state index contributed by atoms with van der Waals surface area (Å²) in [7, 11) is 0. The number of anilines is 1. The van der Waals surface area contributed by atoms with Crippen LogP contribution in [0.4, 0.5) is 5.13 Å². The van der Waals surface area contributed by atoms with Crippen molar-refractivity contribution >= 4 is 22.4 Å². The van der Waals surface area contributed by atoms with Crippen molar-refractivity contribution in [2.24, 2.45) is 5.41 Å². The molecule has 18 heavy (non-hydrogen) atoms. The lowest BCUT2D eigenvalue weighted by Gasteiger charge is -2.51. The number of hydrogen-bond acceptors (Lipinski definition) is 5. The Morgan fingerprint density at radius 3 is 2.94 bits per heavy atom. The average Bonchev–Trinajstić information content (AvgIpc) is 2.76. The average molecular weight is 270 g/mol. The van der Waals surface area contributed by atoms with Crippen LogP contribution in [0.2, 0.25) is 0 Å². The Kier molecular flexibility index (Phi) is 3.59. The van der Waals surface area contributed by atoms with E-state index < -0.39 is 5.97 Å². The fourth-order valence-electron chi connectivity index (χ4n) is 2.20. The molecule has 2 rings (SSSR count). The number of rotatable bonds is 5. The summed E-state index contributed by atoms with van der Waals surface area (Å²) in [5.74, 6) is -0.930. The Bertz CT molecular complexity index is 444. The van der Waals surface area contributed by atoms with E-state index in [0.717, 1.165) is 13.0 Å². The first kappa shape index (κ1) is 13.3.